The Bertz CT molecular complexity index is 1020. The molecule has 0 heterocycles. The molecule has 2 atom stereocenters. The Hall–Kier alpha value is -3.68. The number of hydrogen-bond acceptors (Lipinski definition) is 6. The summed E-state index contributed by atoms with van der Waals surface area (Å²) in [7, 11) is 0. The first-order chi connectivity index (χ1) is 17.4. The number of nitrogens with one attached hydrogen (secondary N) is 2. The maximum absolute atomic E-state index is 11.9. The van der Waals surface area contributed by atoms with Gasteiger partial charge in [0.2, 0.25) is 0 Å². The van der Waals surface area contributed by atoms with E-state index in [2.05, 4.69) is 10.6 Å². The van der Waals surface area contributed by atoms with Gasteiger partial charge < -0.3 is 29.6 Å². The lowest BCUT2D eigenvalue weighted by molar-refractivity contribution is 0.0752. The van der Waals surface area contributed by atoms with Crippen LogP contribution in [-0.4, -0.2) is 50.7 Å². The number of fused-ring (bicyclic) bond motifs is 2. The van der Waals surface area contributed by atoms with Crippen molar-refractivity contribution < 1.29 is 28.5 Å². The maximum Gasteiger partial charge on any atom is 0.407 e. The van der Waals surface area contributed by atoms with Crippen molar-refractivity contribution in [3.05, 3.63) is 48.5 Å². The van der Waals surface area contributed by atoms with E-state index in [-0.39, 0.29) is 13.2 Å². The number of amides is 2. The molecule has 0 bridgehead atoms. The Morgan fingerprint density at radius 2 is 1.00 bits per heavy atom. The highest BCUT2D eigenvalue weighted by Crippen LogP contribution is 2.42. The van der Waals surface area contributed by atoms with Gasteiger partial charge in [0, 0.05) is 34.6 Å². The molecule has 3 rings (SSSR count). The van der Waals surface area contributed by atoms with E-state index < -0.39 is 24.4 Å². The van der Waals surface area contributed by atoms with E-state index in [0.29, 0.717) is 24.6 Å². The zero-order chi connectivity index (χ0) is 25.9. The molecule has 36 heavy (non-hydrogen) atoms. The number of hydrogen-bond donors (Lipinski definition) is 2. The lowest BCUT2D eigenvalue weighted by atomic mass is 10.0. The number of benzene rings is 3. The van der Waals surface area contributed by atoms with Crippen LogP contribution in [0.2, 0.25) is 0 Å². The van der Waals surface area contributed by atoms with Gasteiger partial charge in [0.1, 0.15) is 36.9 Å². The molecule has 0 saturated heterocycles. The molecular weight excluding hydrogens is 460 g/mol. The van der Waals surface area contributed by atoms with Gasteiger partial charge in [-0.05, 0) is 26.7 Å². The molecule has 194 valence electrons. The van der Waals surface area contributed by atoms with Gasteiger partial charge in [0.05, 0.1) is 0 Å². The van der Waals surface area contributed by atoms with Gasteiger partial charge in [0.25, 0.3) is 0 Å². The van der Waals surface area contributed by atoms with Gasteiger partial charge in [-0.3, -0.25) is 0 Å². The number of carbonyl (C=O) groups is 2. The first-order valence-corrected chi connectivity index (χ1v) is 12.5. The molecular formula is C28H36N2O6. The zero-order valence-corrected chi connectivity index (χ0v) is 21.5. The van der Waals surface area contributed by atoms with Gasteiger partial charge in [-0.25, -0.2) is 9.59 Å². The Kier molecular flexibility index (Phi) is 10.0. The lowest BCUT2D eigenvalue weighted by Crippen LogP contribution is -2.31. The van der Waals surface area contributed by atoms with Gasteiger partial charge in [0.15, 0.2) is 0 Å². The van der Waals surface area contributed by atoms with Crippen LogP contribution in [-0.2, 0) is 9.47 Å². The Labute approximate surface area is 212 Å². The van der Waals surface area contributed by atoms with Crippen LogP contribution in [0.4, 0.5) is 9.59 Å². The Morgan fingerprint density at radius 1 is 0.667 bits per heavy atom. The summed E-state index contributed by atoms with van der Waals surface area (Å²) in [6, 6.07) is 15.7. The minimum Gasteiger partial charge on any atom is -0.488 e. The van der Waals surface area contributed by atoms with Crippen molar-refractivity contribution in [2.75, 3.05) is 26.3 Å². The quantitative estimate of drug-likeness (QED) is 0.308. The average molecular weight is 497 g/mol. The molecule has 0 aliphatic rings. The monoisotopic (exact) mass is 496 g/mol. The van der Waals surface area contributed by atoms with E-state index >= 15 is 0 Å². The zero-order valence-electron chi connectivity index (χ0n) is 21.5. The second-order valence-corrected chi connectivity index (χ2v) is 8.66. The molecule has 0 aliphatic carbocycles. The summed E-state index contributed by atoms with van der Waals surface area (Å²) in [5.74, 6) is 1.39. The van der Waals surface area contributed by atoms with Crippen molar-refractivity contribution in [2.45, 2.75) is 52.7 Å². The lowest BCUT2D eigenvalue weighted by Gasteiger charge is -2.21. The van der Waals surface area contributed by atoms with Crippen molar-refractivity contribution >= 4 is 33.7 Å². The molecule has 8 heteroatoms. The van der Waals surface area contributed by atoms with E-state index in [1.54, 1.807) is 13.8 Å². The Balaban J connectivity index is 1.82. The Morgan fingerprint density at radius 3 is 1.31 bits per heavy atom. The van der Waals surface area contributed by atoms with Gasteiger partial charge in [-0.15, -0.1) is 0 Å². The minimum atomic E-state index is -0.453. The fourth-order valence-electron chi connectivity index (χ4n) is 3.73. The topological polar surface area (TPSA) is 95.1 Å². The highest BCUT2D eigenvalue weighted by atomic mass is 16.6. The van der Waals surface area contributed by atoms with Crippen molar-refractivity contribution in [2.24, 2.45) is 0 Å². The largest absolute Gasteiger partial charge is 0.488 e. The molecule has 0 aliphatic heterocycles. The summed E-state index contributed by atoms with van der Waals surface area (Å²) in [6.45, 7) is 9.09. The van der Waals surface area contributed by atoms with Crippen LogP contribution in [0.3, 0.4) is 0 Å². The van der Waals surface area contributed by atoms with E-state index in [1.807, 2.05) is 62.4 Å². The highest BCUT2D eigenvalue weighted by Gasteiger charge is 2.19. The summed E-state index contributed by atoms with van der Waals surface area (Å²) in [5.41, 5.74) is 0. The number of ether oxygens (including phenoxy) is 4. The first-order valence-electron chi connectivity index (χ1n) is 12.5. The third-order valence-corrected chi connectivity index (χ3v) is 5.41. The first kappa shape index (κ1) is 26.9. The standard InChI is InChI=1S/C28H36N2O6/c1-5-15-29-27(31)35-19(3)17-33-25-21-11-7-9-13-23(21)26(24-14-10-8-12-22(24)25)34-18-20(4)36-28(32)30-16-6-2/h7-14,19-20H,5-6,15-18H2,1-4H3,(H,29,31)(H,30,32). The predicted octanol–water partition coefficient (Wildman–Crippen LogP) is 5.80. The average Bonchev–Trinajstić information content (AvgIpc) is 2.88. The van der Waals surface area contributed by atoms with Crippen LogP contribution in [0.25, 0.3) is 21.5 Å². The van der Waals surface area contributed by atoms with Gasteiger partial charge >= 0.3 is 12.2 Å². The van der Waals surface area contributed by atoms with Crippen LogP contribution in [0, 0.1) is 0 Å². The van der Waals surface area contributed by atoms with E-state index in [9.17, 15) is 9.59 Å². The van der Waals surface area contributed by atoms with Gasteiger partial charge in [-0.2, -0.15) is 0 Å². The van der Waals surface area contributed by atoms with E-state index in [4.69, 9.17) is 18.9 Å². The molecule has 0 saturated carbocycles. The smallest absolute Gasteiger partial charge is 0.407 e. The van der Waals surface area contributed by atoms with Crippen molar-refractivity contribution in [1.29, 1.82) is 0 Å². The van der Waals surface area contributed by atoms with E-state index in [0.717, 1.165) is 34.4 Å². The summed E-state index contributed by atoms with van der Waals surface area (Å²) in [6.07, 6.45) is -0.108. The summed E-state index contributed by atoms with van der Waals surface area (Å²) in [5, 5.41) is 8.92. The minimum absolute atomic E-state index is 0.200. The predicted molar refractivity (Wildman–Crippen MR) is 141 cm³/mol. The van der Waals surface area contributed by atoms with Crippen LogP contribution in [0.5, 0.6) is 11.5 Å². The summed E-state index contributed by atoms with van der Waals surface area (Å²) in [4.78, 5) is 23.8. The second-order valence-electron chi connectivity index (χ2n) is 8.66. The SMILES string of the molecule is CCCNC(=O)OC(C)COc1c2ccccc2c(OCC(C)OC(=O)NCCC)c2ccccc12. The molecule has 0 spiro atoms. The molecule has 0 radical (unpaired) electrons. The fourth-order valence-corrected chi connectivity index (χ4v) is 3.73. The normalized spacial score (nSPS) is 12.6. The third-order valence-electron chi connectivity index (χ3n) is 5.41. The van der Waals surface area contributed by atoms with Crippen molar-refractivity contribution in [1.82, 2.24) is 10.6 Å². The summed E-state index contributed by atoms with van der Waals surface area (Å²) < 4.78 is 23.3. The maximum atomic E-state index is 11.9. The van der Waals surface area contributed by atoms with Crippen molar-refractivity contribution in [3.63, 3.8) is 0 Å². The van der Waals surface area contributed by atoms with Crippen LogP contribution < -0.4 is 20.1 Å². The highest BCUT2D eigenvalue weighted by molar-refractivity contribution is 6.11. The molecule has 3 aromatic rings. The van der Waals surface area contributed by atoms with Gasteiger partial charge in [-0.1, -0.05) is 62.4 Å². The molecule has 8 nitrogen and oxygen atoms in total. The molecule has 3 aromatic carbocycles. The third kappa shape index (κ3) is 7.16. The fraction of sp³-hybridized carbons (Fsp3) is 0.429. The molecule has 0 fully saturated rings. The number of rotatable bonds is 12. The van der Waals surface area contributed by atoms with Crippen LogP contribution >= 0.6 is 0 Å². The van der Waals surface area contributed by atoms with Crippen LogP contribution in [0.1, 0.15) is 40.5 Å². The van der Waals surface area contributed by atoms with Crippen molar-refractivity contribution in [3.8, 4) is 11.5 Å². The second kappa shape index (κ2) is 13.4. The molecule has 2 amide bonds. The van der Waals surface area contributed by atoms with E-state index in [1.165, 1.54) is 0 Å². The molecule has 2 unspecified atom stereocenters. The molecule has 2 N–H and O–H groups in total. The van der Waals surface area contributed by atoms with Crippen LogP contribution in [0.15, 0.2) is 48.5 Å². The number of carbonyl (C=O) groups excluding carboxylic acids is 2. The molecule has 0 aromatic heterocycles. The summed E-state index contributed by atoms with van der Waals surface area (Å²) >= 11 is 0. The number of alkyl carbamates (subject to hydrolysis) is 2.